The zero-order valence-corrected chi connectivity index (χ0v) is 15.4. The summed E-state index contributed by atoms with van der Waals surface area (Å²) in [5, 5.41) is 15.9. The molecular formula is C21H17F3N4O. The summed E-state index contributed by atoms with van der Waals surface area (Å²) < 4.78 is 44.7. The molecule has 2 aromatic carbocycles. The molecule has 2 aliphatic heterocycles. The molecule has 0 saturated carbocycles. The smallest absolute Gasteiger partial charge is 0.416 e. The molecule has 0 saturated heterocycles. The van der Waals surface area contributed by atoms with E-state index in [-0.39, 0.29) is 17.4 Å². The fourth-order valence-corrected chi connectivity index (χ4v) is 3.87. The summed E-state index contributed by atoms with van der Waals surface area (Å²) in [7, 11) is 0. The number of hydrazone groups is 1. The average molecular weight is 398 g/mol. The largest absolute Gasteiger partial charge is 0.452 e. The highest BCUT2D eigenvalue weighted by Crippen LogP contribution is 2.46. The summed E-state index contributed by atoms with van der Waals surface area (Å²) in [6.07, 6.45) is -5.03. The Morgan fingerprint density at radius 2 is 1.76 bits per heavy atom. The fraction of sp³-hybridized carbons (Fsp3) is 0.238. The van der Waals surface area contributed by atoms with E-state index < -0.39 is 23.9 Å². The maximum Gasteiger partial charge on any atom is 0.416 e. The first-order chi connectivity index (χ1) is 13.8. The van der Waals surface area contributed by atoms with Gasteiger partial charge in [0.25, 0.3) is 0 Å². The van der Waals surface area contributed by atoms with Crippen LogP contribution in [0, 0.1) is 17.2 Å². The molecule has 0 unspecified atom stereocenters. The number of para-hydroxylation sites is 1. The Morgan fingerprint density at radius 1 is 1.10 bits per heavy atom. The topological polar surface area (TPSA) is 74.6 Å². The van der Waals surface area contributed by atoms with Gasteiger partial charge in [0, 0.05) is 11.6 Å². The molecule has 148 valence electrons. The molecule has 2 aromatic rings. The first-order valence-corrected chi connectivity index (χ1v) is 8.94. The highest BCUT2D eigenvalue weighted by atomic mass is 19.4. The van der Waals surface area contributed by atoms with Crippen LogP contribution in [0.15, 0.2) is 71.2 Å². The van der Waals surface area contributed by atoms with E-state index >= 15 is 0 Å². The van der Waals surface area contributed by atoms with E-state index in [0.717, 1.165) is 17.8 Å². The molecule has 0 aromatic heterocycles. The van der Waals surface area contributed by atoms with Crippen LogP contribution in [0.1, 0.15) is 24.0 Å². The maximum atomic E-state index is 13.0. The summed E-state index contributed by atoms with van der Waals surface area (Å²) >= 11 is 0. The van der Waals surface area contributed by atoms with E-state index in [1.807, 2.05) is 37.3 Å². The van der Waals surface area contributed by atoms with Crippen LogP contribution in [0.2, 0.25) is 0 Å². The summed E-state index contributed by atoms with van der Waals surface area (Å²) in [5.74, 6) is -0.961. The number of ether oxygens (including phenoxy) is 1. The number of halogens is 3. The minimum Gasteiger partial charge on any atom is -0.452 e. The van der Waals surface area contributed by atoms with Gasteiger partial charge in [-0.25, -0.2) is 5.01 Å². The van der Waals surface area contributed by atoms with Gasteiger partial charge < -0.3 is 10.5 Å². The predicted octanol–water partition coefficient (Wildman–Crippen LogP) is 4.35. The highest BCUT2D eigenvalue weighted by Gasteiger charge is 2.49. The number of rotatable bonds is 2. The third-order valence-electron chi connectivity index (χ3n) is 5.22. The molecule has 2 N–H and O–H groups in total. The Hall–Kier alpha value is -3.47. The second-order valence-electron chi connectivity index (χ2n) is 6.94. The summed E-state index contributed by atoms with van der Waals surface area (Å²) in [6, 6.07) is 16.2. The lowest BCUT2D eigenvalue weighted by Gasteiger charge is -2.37. The lowest BCUT2D eigenvalue weighted by atomic mass is 9.76. The number of benzene rings is 2. The maximum absolute atomic E-state index is 13.0. The van der Waals surface area contributed by atoms with Crippen molar-refractivity contribution in [3.05, 3.63) is 77.2 Å². The van der Waals surface area contributed by atoms with Gasteiger partial charge >= 0.3 is 6.18 Å². The number of alkyl halides is 3. The van der Waals surface area contributed by atoms with E-state index in [4.69, 9.17) is 10.5 Å². The van der Waals surface area contributed by atoms with Crippen molar-refractivity contribution < 1.29 is 17.9 Å². The van der Waals surface area contributed by atoms with E-state index in [1.165, 1.54) is 12.1 Å². The van der Waals surface area contributed by atoms with Crippen LogP contribution < -0.4 is 10.7 Å². The third-order valence-corrected chi connectivity index (χ3v) is 5.22. The monoisotopic (exact) mass is 398 g/mol. The Kier molecular flexibility index (Phi) is 4.46. The first-order valence-electron chi connectivity index (χ1n) is 8.94. The number of nitrogens with two attached hydrogens (primary N) is 1. The Morgan fingerprint density at radius 3 is 2.34 bits per heavy atom. The number of anilines is 1. The average Bonchev–Trinajstić information content (AvgIpc) is 3.03. The van der Waals surface area contributed by atoms with E-state index in [2.05, 4.69) is 11.2 Å². The number of fused-ring (bicyclic) bond motifs is 1. The fourth-order valence-electron chi connectivity index (χ4n) is 3.87. The van der Waals surface area contributed by atoms with Crippen molar-refractivity contribution in [1.82, 2.24) is 0 Å². The number of nitriles is 1. The van der Waals surface area contributed by atoms with Crippen molar-refractivity contribution in [2.24, 2.45) is 16.8 Å². The van der Waals surface area contributed by atoms with Gasteiger partial charge in [-0.05, 0) is 36.8 Å². The van der Waals surface area contributed by atoms with Gasteiger partial charge in [-0.1, -0.05) is 30.3 Å². The van der Waals surface area contributed by atoms with Crippen LogP contribution in [0.25, 0.3) is 0 Å². The molecule has 5 nitrogen and oxygen atoms in total. The molecule has 0 amide bonds. The van der Waals surface area contributed by atoms with Crippen molar-refractivity contribution in [1.29, 1.82) is 5.26 Å². The molecule has 0 aliphatic carbocycles. The molecule has 3 atom stereocenters. The van der Waals surface area contributed by atoms with Crippen LogP contribution in [-0.4, -0.2) is 11.9 Å². The van der Waals surface area contributed by atoms with Crippen LogP contribution in [0.4, 0.5) is 18.9 Å². The van der Waals surface area contributed by atoms with Crippen LogP contribution >= 0.6 is 0 Å². The van der Waals surface area contributed by atoms with Crippen molar-refractivity contribution in [3.8, 4) is 6.07 Å². The second kappa shape index (κ2) is 6.85. The molecule has 0 spiro atoms. The molecule has 2 heterocycles. The minimum atomic E-state index is -4.43. The van der Waals surface area contributed by atoms with Crippen LogP contribution in [0.5, 0.6) is 0 Å². The third kappa shape index (κ3) is 3.18. The number of allylic oxidation sites excluding steroid dienone is 1. The summed E-state index contributed by atoms with van der Waals surface area (Å²) in [4.78, 5) is 0. The molecule has 2 aliphatic rings. The van der Waals surface area contributed by atoms with Crippen LogP contribution in [0.3, 0.4) is 0 Å². The molecule has 0 bridgehead atoms. The second-order valence-corrected chi connectivity index (χ2v) is 6.94. The van der Waals surface area contributed by atoms with Crippen molar-refractivity contribution in [2.75, 3.05) is 5.01 Å². The molecule has 0 fully saturated rings. The van der Waals surface area contributed by atoms with Gasteiger partial charge in [0.2, 0.25) is 12.1 Å². The molecule has 4 rings (SSSR count). The predicted molar refractivity (Wildman–Crippen MR) is 101 cm³/mol. The SMILES string of the molecule is CC1=NN(c2ccccc2)[C@@H]2OC(N)=C(C#N)[C@H](c3ccc(C(F)(F)F)cc3)[C@@H]12. The van der Waals surface area contributed by atoms with E-state index in [9.17, 15) is 18.4 Å². The van der Waals surface area contributed by atoms with Crippen molar-refractivity contribution in [3.63, 3.8) is 0 Å². The van der Waals surface area contributed by atoms with Gasteiger partial charge in [-0.15, -0.1) is 0 Å². The lowest BCUT2D eigenvalue weighted by molar-refractivity contribution is -0.137. The summed E-state index contributed by atoms with van der Waals surface area (Å²) in [5.41, 5.74) is 7.54. The molecule has 29 heavy (non-hydrogen) atoms. The van der Waals surface area contributed by atoms with Gasteiger partial charge in [0.05, 0.1) is 22.7 Å². The standard InChI is InChI=1S/C21H17F3N4O/c1-12-17-18(13-7-9-14(10-8-13)21(22,23)24)16(11-25)19(26)29-20(17)28(27-12)15-5-3-2-4-6-15/h2-10,17-18,20H,26H2,1H3/t17-,18+,20-/m1/s1. The van der Waals surface area contributed by atoms with Gasteiger partial charge in [0.15, 0.2) is 0 Å². The van der Waals surface area contributed by atoms with Gasteiger partial charge in [0.1, 0.15) is 6.07 Å². The lowest BCUT2D eigenvalue weighted by Crippen LogP contribution is -2.43. The van der Waals surface area contributed by atoms with Crippen LogP contribution in [-0.2, 0) is 10.9 Å². The van der Waals surface area contributed by atoms with Gasteiger partial charge in [-0.3, -0.25) is 0 Å². The van der Waals surface area contributed by atoms with Gasteiger partial charge in [-0.2, -0.15) is 23.5 Å². The number of nitrogens with zero attached hydrogens (tertiary/aromatic N) is 3. The molecule has 0 radical (unpaired) electrons. The molecule has 8 heteroatoms. The number of hydrogen-bond donors (Lipinski definition) is 1. The Bertz CT molecular complexity index is 1020. The minimum absolute atomic E-state index is 0.0375. The summed E-state index contributed by atoms with van der Waals surface area (Å²) in [6.45, 7) is 1.82. The zero-order valence-electron chi connectivity index (χ0n) is 15.4. The van der Waals surface area contributed by atoms with E-state index in [0.29, 0.717) is 11.3 Å². The normalized spacial score (nSPS) is 23.9. The highest BCUT2D eigenvalue weighted by molar-refractivity contribution is 5.90. The van der Waals surface area contributed by atoms with E-state index in [1.54, 1.807) is 5.01 Å². The quantitative estimate of drug-likeness (QED) is 0.816. The zero-order chi connectivity index (χ0) is 20.8. The Balaban J connectivity index is 1.78. The van der Waals surface area contributed by atoms with Crippen molar-refractivity contribution >= 4 is 11.4 Å². The van der Waals surface area contributed by atoms with Crippen molar-refractivity contribution in [2.45, 2.75) is 25.2 Å². The Labute approximate surface area is 165 Å². The molecular weight excluding hydrogens is 381 g/mol. The first kappa shape index (κ1) is 18.9. The number of hydrogen-bond acceptors (Lipinski definition) is 5.